The summed E-state index contributed by atoms with van der Waals surface area (Å²) in [5, 5.41) is 0. The molecule has 0 aliphatic rings. The molecule has 0 saturated carbocycles. The zero-order chi connectivity index (χ0) is 36.1. The van der Waals surface area contributed by atoms with E-state index in [9.17, 15) is 19.0 Å². The highest BCUT2D eigenvalue weighted by molar-refractivity contribution is 7.47. The van der Waals surface area contributed by atoms with Crippen molar-refractivity contribution < 1.29 is 37.6 Å². The van der Waals surface area contributed by atoms with Gasteiger partial charge in [0.05, 0.1) is 13.2 Å². The van der Waals surface area contributed by atoms with Crippen LogP contribution < -0.4 is 0 Å². The Morgan fingerprint density at radius 3 is 1.14 bits per heavy atom. The maximum Gasteiger partial charge on any atom is 0.472 e. The molecule has 0 radical (unpaired) electrons. The van der Waals surface area contributed by atoms with Crippen LogP contribution in [0.2, 0.25) is 0 Å². The summed E-state index contributed by atoms with van der Waals surface area (Å²) in [5.41, 5.74) is 0. The third-order valence-electron chi connectivity index (χ3n) is 9.16. The van der Waals surface area contributed by atoms with Crippen molar-refractivity contribution in [2.24, 2.45) is 0 Å². The fourth-order valence-corrected chi connectivity index (χ4v) is 6.86. The van der Waals surface area contributed by atoms with Crippen molar-refractivity contribution in [2.75, 3.05) is 19.8 Å². The summed E-state index contributed by atoms with van der Waals surface area (Å²) in [7, 11) is -4.27. The Kier molecular flexibility index (Phi) is 36.1. The van der Waals surface area contributed by atoms with Crippen LogP contribution in [0.5, 0.6) is 0 Å². The number of hydrogen-bond acceptors (Lipinski definition) is 7. The van der Waals surface area contributed by atoms with E-state index in [1.807, 2.05) is 0 Å². The summed E-state index contributed by atoms with van der Waals surface area (Å²) in [6.45, 7) is 5.51. The summed E-state index contributed by atoms with van der Waals surface area (Å²) in [5.74, 6) is -0.783. The first-order valence-corrected chi connectivity index (χ1v) is 22.3. The molecule has 9 heteroatoms. The van der Waals surface area contributed by atoms with Gasteiger partial charge in [0.15, 0.2) is 6.10 Å². The first-order valence-electron chi connectivity index (χ1n) is 20.8. The Bertz CT molecular complexity index is 777. The van der Waals surface area contributed by atoms with Crippen molar-refractivity contribution >= 4 is 19.8 Å². The molecule has 0 aromatic heterocycles. The molecule has 0 fully saturated rings. The van der Waals surface area contributed by atoms with Gasteiger partial charge in [-0.15, -0.1) is 0 Å². The van der Waals surface area contributed by atoms with E-state index < -0.39 is 19.9 Å². The fourth-order valence-electron chi connectivity index (χ4n) is 6.10. The van der Waals surface area contributed by atoms with E-state index in [1.54, 1.807) is 6.92 Å². The van der Waals surface area contributed by atoms with E-state index in [-0.39, 0.29) is 32.2 Å². The average molecular weight is 719 g/mol. The van der Waals surface area contributed by atoms with E-state index in [2.05, 4.69) is 13.8 Å². The van der Waals surface area contributed by atoms with Gasteiger partial charge < -0.3 is 14.4 Å². The molecule has 0 bridgehead atoms. The first-order chi connectivity index (χ1) is 23.8. The van der Waals surface area contributed by atoms with E-state index >= 15 is 0 Å². The average Bonchev–Trinajstić information content (AvgIpc) is 3.07. The second-order valence-electron chi connectivity index (χ2n) is 14.0. The van der Waals surface area contributed by atoms with Crippen LogP contribution in [0.4, 0.5) is 0 Å². The molecule has 0 aromatic rings. The van der Waals surface area contributed by atoms with Crippen LogP contribution >= 0.6 is 7.82 Å². The highest BCUT2D eigenvalue weighted by atomic mass is 31.2. The molecule has 0 heterocycles. The minimum Gasteiger partial charge on any atom is -0.462 e. The SMILES string of the molecule is CCCCCCCCCCCCCCCCCC(=O)OC(COC(=O)CCCCCCCCCCCCCCCC)COP(=O)(O)OCC. The summed E-state index contributed by atoms with van der Waals surface area (Å²) in [6.07, 6.45) is 35.8. The molecule has 0 rings (SSSR count). The Balaban J connectivity index is 4.06. The number of rotatable bonds is 39. The molecular weight excluding hydrogens is 639 g/mol. The number of carbonyl (C=O) groups is 2. The molecule has 0 saturated heterocycles. The minimum absolute atomic E-state index is 0.00556. The monoisotopic (exact) mass is 719 g/mol. The van der Waals surface area contributed by atoms with Crippen LogP contribution in [-0.4, -0.2) is 42.8 Å². The maximum atomic E-state index is 12.5. The molecule has 0 aromatic carbocycles. The third kappa shape index (κ3) is 36.6. The fraction of sp³-hybridized carbons (Fsp3) is 0.950. The lowest BCUT2D eigenvalue weighted by molar-refractivity contribution is -0.161. The highest BCUT2D eigenvalue weighted by Crippen LogP contribution is 2.43. The van der Waals surface area contributed by atoms with Crippen LogP contribution in [0, 0.1) is 0 Å². The Morgan fingerprint density at radius 2 is 0.796 bits per heavy atom. The molecule has 2 unspecified atom stereocenters. The minimum atomic E-state index is -4.27. The summed E-state index contributed by atoms with van der Waals surface area (Å²) in [4.78, 5) is 34.7. The molecule has 8 nitrogen and oxygen atoms in total. The zero-order valence-electron chi connectivity index (χ0n) is 32.4. The van der Waals surface area contributed by atoms with E-state index in [0.717, 1.165) is 38.5 Å². The third-order valence-corrected chi connectivity index (χ3v) is 10.2. The van der Waals surface area contributed by atoms with E-state index in [1.165, 1.54) is 148 Å². The number of ether oxygens (including phenoxy) is 2. The molecule has 292 valence electrons. The second-order valence-corrected chi connectivity index (χ2v) is 15.5. The van der Waals surface area contributed by atoms with Gasteiger partial charge in [0.25, 0.3) is 0 Å². The van der Waals surface area contributed by atoms with Gasteiger partial charge in [-0.2, -0.15) is 0 Å². The van der Waals surface area contributed by atoms with Gasteiger partial charge in [0.1, 0.15) is 6.61 Å². The summed E-state index contributed by atoms with van der Waals surface area (Å²) >= 11 is 0. The molecule has 0 aliphatic carbocycles. The first kappa shape index (κ1) is 48.0. The molecule has 49 heavy (non-hydrogen) atoms. The largest absolute Gasteiger partial charge is 0.472 e. The molecule has 0 aliphatic heterocycles. The summed E-state index contributed by atoms with van der Waals surface area (Å²) in [6, 6.07) is 0. The quantitative estimate of drug-likeness (QED) is 0.0380. The van der Waals surface area contributed by atoms with Crippen molar-refractivity contribution in [3.05, 3.63) is 0 Å². The molecular formula is C40H79O8P. The lowest BCUT2D eigenvalue weighted by Crippen LogP contribution is -2.29. The lowest BCUT2D eigenvalue weighted by atomic mass is 10.0. The number of phosphoric ester groups is 1. The number of unbranched alkanes of at least 4 members (excludes halogenated alkanes) is 27. The van der Waals surface area contributed by atoms with Crippen LogP contribution in [0.3, 0.4) is 0 Å². The van der Waals surface area contributed by atoms with Crippen molar-refractivity contribution in [1.29, 1.82) is 0 Å². The Labute approximate surface area is 302 Å². The van der Waals surface area contributed by atoms with Crippen LogP contribution in [0.1, 0.15) is 220 Å². The van der Waals surface area contributed by atoms with E-state index in [0.29, 0.717) is 6.42 Å². The van der Waals surface area contributed by atoms with Crippen LogP contribution in [-0.2, 0) is 32.7 Å². The highest BCUT2D eigenvalue weighted by Gasteiger charge is 2.25. The smallest absolute Gasteiger partial charge is 0.462 e. The van der Waals surface area contributed by atoms with Gasteiger partial charge in [-0.1, -0.05) is 187 Å². The molecule has 1 N–H and O–H groups in total. The maximum absolute atomic E-state index is 12.5. The van der Waals surface area contributed by atoms with Crippen molar-refractivity contribution in [1.82, 2.24) is 0 Å². The van der Waals surface area contributed by atoms with Gasteiger partial charge in [0, 0.05) is 12.8 Å². The molecule has 0 amide bonds. The molecule has 0 spiro atoms. The number of carbonyl (C=O) groups excluding carboxylic acids is 2. The van der Waals surface area contributed by atoms with Crippen molar-refractivity contribution in [3.63, 3.8) is 0 Å². The zero-order valence-corrected chi connectivity index (χ0v) is 33.3. The van der Waals surface area contributed by atoms with Gasteiger partial charge in [-0.25, -0.2) is 4.57 Å². The predicted molar refractivity (Wildman–Crippen MR) is 203 cm³/mol. The van der Waals surface area contributed by atoms with Crippen molar-refractivity contribution in [3.8, 4) is 0 Å². The summed E-state index contributed by atoms with van der Waals surface area (Å²) < 4.78 is 32.6. The van der Waals surface area contributed by atoms with Crippen LogP contribution in [0.15, 0.2) is 0 Å². The lowest BCUT2D eigenvalue weighted by Gasteiger charge is -2.19. The molecule has 2 atom stereocenters. The number of phosphoric acid groups is 1. The standard InChI is InChI=1S/C40H79O8P/c1-4-7-9-11-13-15-17-19-21-23-25-27-29-31-33-35-40(42)48-38(37-47-49(43,44)46-6-3)36-45-39(41)34-32-30-28-26-24-22-20-18-16-14-12-10-8-5-2/h38H,4-37H2,1-3H3,(H,43,44). The van der Waals surface area contributed by atoms with Gasteiger partial charge in [-0.05, 0) is 19.8 Å². The topological polar surface area (TPSA) is 108 Å². The van der Waals surface area contributed by atoms with Crippen molar-refractivity contribution in [2.45, 2.75) is 226 Å². The Morgan fingerprint density at radius 1 is 0.469 bits per heavy atom. The Hall–Kier alpha value is -0.950. The van der Waals surface area contributed by atoms with Gasteiger partial charge in [-0.3, -0.25) is 18.6 Å². The number of esters is 2. The van der Waals surface area contributed by atoms with Crippen LogP contribution in [0.25, 0.3) is 0 Å². The predicted octanol–water partition coefficient (Wildman–Crippen LogP) is 12.7. The van der Waals surface area contributed by atoms with E-state index in [4.69, 9.17) is 18.5 Å². The number of hydrogen-bond donors (Lipinski definition) is 1. The van der Waals surface area contributed by atoms with Gasteiger partial charge in [0.2, 0.25) is 0 Å². The normalized spacial score (nSPS) is 13.3. The van der Waals surface area contributed by atoms with Gasteiger partial charge >= 0.3 is 19.8 Å². The second kappa shape index (κ2) is 36.8.